The monoisotopic (exact) mass is 429 g/mol. The molecule has 4 N–H and O–H groups in total. The van der Waals surface area contributed by atoms with Gasteiger partial charge in [0.25, 0.3) is 0 Å². The van der Waals surface area contributed by atoms with Gasteiger partial charge in [-0.2, -0.15) is 0 Å². The van der Waals surface area contributed by atoms with E-state index in [1.54, 1.807) is 6.20 Å². The van der Waals surface area contributed by atoms with Crippen LogP contribution in [-0.4, -0.2) is 41.8 Å². The lowest BCUT2D eigenvalue weighted by Crippen LogP contribution is -2.33. The highest BCUT2D eigenvalue weighted by molar-refractivity contribution is 6.33. The van der Waals surface area contributed by atoms with Crippen LogP contribution in [0.2, 0.25) is 5.02 Å². The summed E-state index contributed by atoms with van der Waals surface area (Å²) in [5, 5.41) is 7.78. The van der Waals surface area contributed by atoms with Gasteiger partial charge in [0, 0.05) is 55.4 Å². The van der Waals surface area contributed by atoms with Crippen LogP contribution < -0.4 is 16.4 Å². The van der Waals surface area contributed by atoms with Crippen molar-refractivity contribution in [1.82, 2.24) is 9.97 Å². The summed E-state index contributed by atoms with van der Waals surface area (Å²) in [6.07, 6.45) is 10.1. The van der Waals surface area contributed by atoms with Crippen LogP contribution in [0.25, 0.3) is 11.1 Å². The third-order valence-corrected chi connectivity index (χ3v) is 6.60. The van der Waals surface area contributed by atoms with Crippen molar-refractivity contribution >= 4 is 23.1 Å². The van der Waals surface area contributed by atoms with Gasteiger partial charge < -0.3 is 21.1 Å². The highest BCUT2D eigenvalue weighted by Gasteiger charge is 2.19. The average molecular weight is 430 g/mol. The molecule has 3 heterocycles. The zero-order valence-corrected chi connectivity index (χ0v) is 18.4. The Morgan fingerprint density at radius 2 is 1.83 bits per heavy atom. The number of pyridine rings is 2. The Balaban J connectivity index is 1.48. The molecule has 1 aliphatic carbocycles. The van der Waals surface area contributed by atoms with Crippen molar-refractivity contribution in [3.05, 3.63) is 35.2 Å². The molecule has 1 saturated heterocycles. The number of aryl methyl sites for hydroxylation is 1. The summed E-state index contributed by atoms with van der Waals surface area (Å²) in [6.45, 7) is 4.69. The van der Waals surface area contributed by atoms with E-state index >= 15 is 0 Å². The number of hydrogen-bond acceptors (Lipinski definition) is 6. The highest BCUT2D eigenvalue weighted by atomic mass is 35.5. The molecule has 0 atom stereocenters. The molecule has 7 heteroatoms. The molecule has 0 spiro atoms. The summed E-state index contributed by atoms with van der Waals surface area (Å²) >= 11 is 6.51. The number of rotatable bonds is 6. The first kappa shape index (κ1) is 21.3. The summed E-state index contributed by atoms with van der Waals surface area (Å²) in [4.78, 5) is 9.11. The quantitative estimate of drug-likeness (QED) is 0.620. The molecular weight excluding hydrogens is 398 g/mol. The fourth-order valence-corrected chi connectivity index (χ4v) is 4.49. The summed E-state index contributed by atoms with van der Waals surface area (Å²) in [5.41, 5.74) is 10.0. The van der Waals surface area contributed by atoms with Crippen LogP contribution in [0.3, 0.4) is 0 Å². The lowest BCUT2D eigenvalue weighted by Gasteiger charge is -2.27. The Labute approximate surface area is 184 Å². The van der Waals surface area contributed by atoms with E-state index in [0.717, 1.165) is 86.6 Å². The molecule has 1 saturated carbocycles. The van der Waals surface area contributed by atoms with Crippen LogP contribution in [0.5, 0.6) is 0 Å². The maximum absolute atomic E-state index is 6.51. The van der Waals surface area contributed by atoms with Gasteiger partial charge in [-0.1, -0.05) is 11.6 Å². The number of nitrogens with one attached hydrogen (secondary N) is 2. The summed E-state index contributed by atoms with van der Waals surface area (Å²) in [5.74, 6) is 1.50. The normalized spacial score (nSPS) is 22.6. The standard InChI is InChI=1S/C23H32ClN5O/c1-15-22(27-12-16-6-8-30-9-7-16)10-17(13-26-15)20-11-23(28-14-21(20)24)29-19-4-2-18(25)3-5-19/h10-11,13-14,16,18-19,27H,2-9,12,25H2,1H3,(H,28,29). The molecule has 0 aromatic carbocycles. The first-order chi connectivity index (χ1) is 14.6. The Morgan fingerprint density at radius 3 is 2.60 bits per heavy atom. The van der Waals surface area contributed by atoms with Crippen molar-refractivity contribution in [2.75, 3.05) is 30.4 Å². The molecule has 162 valence electrons. The van der Waals surface area contributed by atoms with Gasteiger partial charge >= 0.3 is 0 Å². The second-order valence-corrected chi connectivity index (χ2v) is 9.01. The van der Waals surface area contributed by atoms with E-state index in [2.05, 4.69) is 26.7 Å². The van der Waals surface area contributed by atoms with Crippen molar-refractivity contribution in [1.29, 1.82) is 0 Å². The van der Waals surface area contributed by atoms with Gasteiger partial charge in [-0.3, -0.25) is 4.98 Å². The zero-order chi connectivity index (χ0) is 20.9. The number of nitrogens with two attached hydrogens (primary N) is 1. The van der Waals surface area contributed by atoms with Gasteiger partial charge in [0.05, 0.1) is 16.4 Å². The predicted molar refractivity (Wildman–Crippen MR) is 123 cm³/mol. The van der Waals surface area contributed by atoms with Crippen LogP contribution >= 0.6 is 11.6 Å². The third kappa shape index (κ3) is 5.42. The molecule has 4 rings (SSSR count). The second kappa shape index (κ2) is 9.94. The Kier molecular flexibility index (Phi) is 7.08. The number of anilines is 2. The van der Waals surface area contributed by atoms with Crippen LogP contribution in [0.4, 0.5) is 11.5 Å². The summed E-state index contributed by atoms with van der Waals surface area (Å²) in [7, 11) is 0. The molecule has 2 aromatic heterocycles. The van der Waals surface area contributed by atoms with Gasteiger partial charge in [-0.05, 0) is 63.5 Å². The SMILES string of the molecule is Cc1ncc(-c2cc(NC3CCC(N)CC3)ncc2Cl)cc1NCC1CCOCC1. The fourth-order valence-electron chi connectivity index (χ4n) is 4.28. The minimum Gasteiger partial charge on any atom is -0.383 e. The topological polar surface area (TPSA) is 85.1 Å². The van der Waals surface area contributed by atoms with Gasteiger partial charge in [0.1, 0.15) is 5.82 Å². The lowest BCUT2D eigenvalue weighted by molar-refractivity contribution is 0.0699. The molecule has 2 aliphatic rings. The largest absolute Gasteiger partial charge is 0.383 e. The van der Waals surface area contributed by atoms with Crippen molar-refractivity contribution in [2.24, 2.45) is 11.7 Å². The molecule has 0 radical (unpaired) electrons. The first-order valence-corrected chi connectivity index (χ1v) is 11.4. The van der Waals surface area contributed by atoms with Crippen LogP contribution in [0.1, 0.15) is 44.2 Å². The van der Waals surface area contributed by atoms with E-state index in [1.807, 2.05) is 19.2 Å². The van der Waals surface area contributed by atoms with Crippen LogP contribution in [0, 0.1) is 12.8 Å². The predicted octanol–water partition coefficient (Wildman–Crippen LogP) is 4.63. The van der Waals surface area contributed by atoms with Crippen molar-refractivity contribution in [2.45, 2.75) is 57.5 Å². The average Bonchev–Trinajstić information content (AvgIpc) is 2.77. The maximum atomic E-state index is 6.51. The van der Waals surface area contributed by atoms with Crippen molar-refractivity contribution in [3.63, 3.8) is 0 Å². The molecular formula is C23H32ClN5O. The molecule has 1 aliphatic heterocycles. The number of nitrogens with zero attached hydrogens (tertiary/aromatic N) is 2. The van der Waals surface area contributed by atoms with Gasteiger partial charge in [-0.15, -0.1) is 0 Å². The fraction of sp³-hybridized carbons (Fsp3) is 0.565. The maximum Gasteiger partial charge on any atom is 0.126 e. The number of hydrogen-bond donors (Lipinski definition) is 3. The zero-order valence-electron chi connectivity index (χ0n) is 17.7. The number of ether oxygens (including phenoxy) is 1. The Morgan fingerprint density at radius 1 is 1.07 bits per heavy atom. The second-order valence-electron chi connectivity index (χ2n) is 8.60. The van der Waals surface area contributed by atoms with E-state index in [4.69, 9.17) is 22.1 Å². The minimum absolute atomic E-state index is 0.336. The van der Waals surface area contributed by atoms with Gasteiger partial charge in [0.15, 0.2) is 0 Å². The Bertz CT molecular complexity index is 847. The minimum atomic E-state index is 0.336. The molecule has 0 amide bonds. The Hall–Kier alpha value is -1.89. The number of aromatic nitrogens is 2. The van der Waals surface area contributed by atoms with E-state index in [1.165, 1.54) is 0 Å². The lowest BCUT2D eigenvalue weighted by atomic mass is 9.92. The number of halogens is 1. The molecule has 2 aromatic rings. The highest BCUT2D eigenvalue weighted by Crippen LogP contribution is 2.32. The van der Waals surface area contributed by atoms with Gasteiger partial charge in [-0.25, -0.2) is 4.98 Å². The summed E-state index contributed by atoms with van der Waals surface area (Å²) < 4.78 is 5.46. The van der Waals surface area contributed by atoms with Gasteiger partial charge in [0.2, 0.25) is 0 Å². The molecule has 0 unspecified atom stereocenters. The molecule has 30 heavy (non-hydrogen) atoms. The van der Waals surface area contributed by atoms with E-state index in [0.29, 0.717) is 23.0 Å². The van der Waals surface area contributed by atoms with Crippen molar-refractivity contribution < 1.29 is 4.74 Å². The van der Waals surface area contributed by atoms with E-state index in [-0.39, 0.29) is 0 Å². The van der Waals surface area contributed by atoms with E-state index < -0.39 is 0 Å². The first-order valence-electron chi connectivity index (χ1n) is 11.0. The van der Waals surface area contributed by atoms with Crippen LogP contribution in [0.15, 0.2) is 24.5 Å². The summed E-state index contributed by atoms with van der Waals surface area (Å²) in [6, 6.07) is 4.93. The molecule has 6 nitrogen and oxygen atoms in total. The van der Waals surface area contributed by atoms with Crippen molar-refractivity contribution in [3.8, 4) is 11.1 Å². The van der Waals surface area contributed by atoms with E-state index in [9.17, 15) is 0 Å². The molecule has 2 fully saturated rings. The third-order valence-electron chi connectivity index (χ3n) is 6.30. The van der Waals surface area contributed by atoms with Crippen LogP contribution in [-0.2, 0) is 4.74 Å². The smallest absolute Gasteiger partial charge is 0.126 e. The molecule has 0 bridgehead atoms.